The summed E-state index contributed by atoms with van der Waals surface area (Å²) in [5.74, 6) is 0.813. The van der Waals surface area contributed by atoms with Crippen molar-refractivity contribution in [3.05, 3.63) is 59.7 Å². The van der Waals surface area contributed by atoms with Crippen molar-refractivity contribution in [3.63, 3.8) is 0 Å². The molecule has 0 unspecified atom stereocenters. The van der Waals surface area contributed by atoms with E-state index in [2.05, 4.69) is 22.1 Å². The predicted octanol–water partition coefficient (Wildman–Crippen LogP) is 3.49. The van der Waals surface area contributed by atoms with Crippen LogP contribution in [-0.4, -0.2) is 50.7 Å². The molecule has 154 valence electrons. The van der Waals surface area contributed by atoms with Gasteiger partial charge in [0.2, 0.25) is 0 Å². The number of ether oxygens (including phenoxy) is 1. The van der Waals surface area contributed by atoms with Gasteiger partial charge in [-0.2, -0.15) is 0 Å². The van der Waals surface area contributed by atoms with E-state index in [0.29, 0.717) is 37.4 Å². The Labute approximate surface area is 171 Å². The first-order valence-corrected chi connectivity index (χ1v) is 10.5. The Kier molecular flexibility index (Phi) is 5.65. The first-order valence-electron chi connectivity index (χ1n) is 10.5. The summed E-state index contributed by atoms with van der Waals surface area (Å²) >= 11 is 0. The summed E-state index contributed by atoms with van der Waals surface area (Å²) in [5.41, 5.74) is 1.18. The summed E-state index contributed by atoms with van der Waals surface area (Å²) in [5, 5.41) is 10.5. The lowest BCUT2D eigenvalue weighted by Crippen LogP contribution is -2.52. The maximum absolute atomic E-state index is 12.9. The zero-order valence-corrected chi connectivity index (χ0v) is 17.1. The number of aromatic nitrogens is 2. The molecule has 0 saturated carbocycles. The number of piperidine rings is 1. The van der Waals surface area contributed by atoms with Crippen LogP contribution in [0.3, 0.4) is 0 Å². The maximum Gasteiger partial charge on any atom is 0.272 e. The number of aliphatic hydroxyl groups excluding tert-OH is 1. The van der Waals surface area contributed by atoms with Gasteiger partial charge in [-0.1, -0.05) is 44.2 Å². The van der Waals surface area contributed by atoms with Crippen LogP contribution in [0.2, 0.25) is 0 Å². The van der Waals surface area contributed by atoms with Gasteiger partial charge in [0.25, 0.3) is 5.91 Å². The molecule has 1 N–H and O–H groups in total. The van der Waals surface area contributed by atoms with E-state index in [4.69, 9.17) is 4.74 Å². The molecule has 0 bridgehead atoms. The molecule has 6 nitrogen and oxygen atoms in total. The Hall–Kier alpha value is -2.31. The van der Waals surface area contributed by atoms with Crippen LogP contribution in [0, 0.1) is 0 Å². The fraction of sp³-hybridized carbons (Fsp3) is 0.522. The molecule has 2 fully saturated rings. The molecule has 2 aliphatic heterocycles. The van der Waals surface area contributed by atoms with Crippen molar-refractivity contribution in [2.24, 2.45) is 0 Å². The van der Waals surface area contributed by atoms with Gasteiger partial charge in [0.05, 0.1) is 17.8 Å². The molecule has 1 aromatic heterocycles. The molecule has 2 aliphatic rings. The first kappa shape index (κ1) is 20.0. The Morgan fingerprint density at radius 3 is 2.62 bits per heavy atom. The number of carbonyl (C=O) groups excluding carboxylic acids is 1. The van der Waals surface area contributed by atoms with Crippen molar-refractivity contribution in [1.82, 2.24) is 14.9 Å². The zero-order chi connectivity index (χ0) is 20.4. The number of likely N-dealkylation sites (tertiary alicyclic amines) is 1. The molecule has 4 rings (SSSR count). The summed E-state index contributed by atoms with van der Waals surface area (Å²) in [6.45, 7) is 5.24. The van der Waals surface area contributed by atoms with Gasteiger partial charge >= 0.3 is 0 Å². The van der Waals surface area contributed by atoms with Gasteiger partial charge in [-0.25, -0.2) is 9.97 Å². The Morgan fingerprint density at radius 1 is 1.21 bits per heavy atom. The van der Waals surface area contributed by atoms with Crippen LogP contribution in [0.4, 0.5) is 0 Å². The van der Waals surface area contributed by atoms with E-state index in [0.717, 1.165) is 18.4 Å². The summed E-state index contributed by atoms with van der Waals surface area (Å²) in [6.07, 6.45) is 3.87. The lowest BCUT2D eigenvalue weighted by molar-refractivity contribution is -0.181. The lowest BCUT2D eigenvalue weighted by atomic mass is 9.81. The molecule has 2 atom stereocenters. The first-order chi connectivity index (χ1) is 14.0. The van der Waals surface area contributed by atoms with E-state index in [9.17, 15) is 9.90 Å². The van der Waals surface area contributed by atoms with Gasteiger partial charge in [0.15, 0.2) is 0 Å². The Balaban J connectivity index is 1.44. The number of amides is 1. The highest BCUT2D eigenvalue weighted by molar-refractivity contribution is 5.92. The van der Waals surface area contributed by atoms with Gasteiger partial charge in [0.1, 0.15) is 11.5 Å². The average Bonchev–Trinajstić information content (AvgIpc) is 2.74. The van der Waals surface area contributed by atoms with Crippen molar-refractivity contribution >= 4 is 5.91 Å². The van der Waals surface area contributed by atoms with Gasteiger partial charge < -0.3 is 14.7 Å². The predicted molar refractivity (Wildman–Crippen MR) is 109 cm³/mol. The molecule has 1 spiro atoms. The second kappa shape index (κ2) is 8.20. The quantitative estimate of drug-likeness (QED) is 0.861. The van der Waals surface area contributed by atoms with Gasteiger partial charge in [0, 0.05) is 38.0 Å². The minimum atomic E-state index is -0.383. The van der Waals surface area contributed by atoms with E-state index in [1.54, 1.807) is 12.3 Å². The molecule has 1 amide bonds. The highest BCUT2D eigenvalue weighted by Gasteiger charge is 2.44. The minimum Gasteiger partial charge on any atom is -0.393 e. The third-order valence-electron chi connectivity index (χ3n) is 6.03. The van der Waals surface area contributed by atoms with Crippen LogP contribution in [-0.2, 0) is 4.74 Å². The van der Waals surface area contributed by atoms with E-state index < -0.39 is 0 Å². The minimum absolute atomic E-state index is 0.0554. The molecule has 3 heterocycles. The molecule has 2 aromatic rings. The van der Waals surface area contributed by atoms with Gasteiger partial charge in [-0.15, -0.1) is 0 Å². The third kappa shape index (κ3) is 4.33. The molecule has 6 heteroatoms. The van der Waals surface area contributed by atoms with Crippen LogP contribution < -0.4 is 0 Å². The molecular formula is C23H29N3O3. The highest BCUT2D eigenvalue weighted by atomic mass is 16.5. The van der Waals surface area contributed by atoms with Crippen LogP contribution >= 0.6 is 0 Å². The van der Waals surface area contributed by atoms with Crippen LogP contribution in [0.1, 0.15) is 73.4 Å². The summed E-state index contributed by atoms with van der Waals surface area (Å²) < 4.78 is 6.53. The Bertz CT molecular complexity index is 847. The standard InChI is InChI=1S/C23H29N3O3/c1-16(2)21-24-11-8-19(25-21)22(28)26-12-9-23(10-13-26)15-18(27)14-20(29-23)17-6-4-3-5-7-17/h3-8,11,16,18,20,27H,9-10,12-15H2,1-2H3/t18-,20+/m0/s1. The average molecular weight is 396 g/mol. The van der Waals surface area contributed by atoms with E-state index in [1.807, 2.05) is 36.9 Å². The van der Waals surface area contributed by atoms with E-state index >= 15 is 0 Å². The number of carbonyl (C=O) groups is 1. The normalized spacial score (nSPS) is 24.1. The highest BCUT2D eigenvalue weighted by Crippen LogP contribution is 2.43. The van der Waals surface area contributed by atoms with Crippen LogP contribution in [0.5, 0.6) is 0 Å². The molecule has 0 aliphatic carbocycles. The van der Waals surface area contributed by atoms with Gasteiger partial charge in [-0.3, -0.25) is 4.79 Å². The van der Waals surface area contributed by atoms with E-state index in [-0.39, 0.29) is 29.6 Å². The monoisotopic (exact) mass is 395 g/mol. The number of hydrogen-bond acceptors (Lipinski definition) is 5. The maximum atomic E-state index is 12.9. The van der Waals surface area contributed by atoms with Crippen molar-refractivity contribution in [2.75, 3.05) is 13.1 Å². The van der Waals surface area contributed by atoms with Crippen molar-refractivity contribution < 1.29 is 14.6 Å². The number of aliphatic hydroxyl groups is 1. The molecule has 1 aromatic carbocycles. The fourth-order valence-electron chi connectivity index (χ4n) is 4.40. The second-order valence-corrected chi connectivity index (χ2v) is 8.54. The van der Waals surface area contributed by atoms with E-state index in [1.165, 1.54) is 0 Å². The summed E-state index contributed by atoms with van der Waals surface area (Å²) in [7, 11) is 0. The molecule has 2 saturated heterocycles. The molecular weight excluding hydrogens is 366 g/mol. The van der Waals surface area contributed by atoms with Gasteiger partial charge in [-0.05, 0) is 24.5 Å². The lowest BCUT2D eigenvalue weighted by Gasteiger charge is -2.48. The Morgan fingerprint density at radius 2 is 1.93 bits per heavy atom. The van der Waals surface area contributed by atoms with Crippen molar-refractivity contribution in [3.8, 4) is 0 Å². The number of benzene rings is 1. The summed E-state index contributed by atoms with van der Waals surface area (Å²) in [6, 6.07) is 11.8. The third-order valence-corrected chi connectivity index (χ3v) is 6.03. The SMILES string of the molecule is CC(C)c1nccc(C(=O)N2CCC3(CC2)C[C@@H](O)C[C@H](c2ccccc2)O3)n1. The zero-order valence-electron chi connectivity index (χ0n) is 17.1. The second-order valence-electron chi connectivity index (χ2n) is 8.54. The van der Waals surface area contributed by atoms with Crippen LogP contribution in [0.25, 0.3) is 0 Å². The number of rotatable bonds is 3. The summed E-state index contributed by atoms with van der Waals surface area (Å²) in [4.78, 5) is 23.5. The number of hydrogen-bond donors (Lipinski definition) is 1. The molecule has 29 heavy (non-hydrogen) atoms. The van der Waals surface area contributed by atoms with Crippen molar-refractivity contribution in [1.29, 1.82) is 0 Å². The smallest absolute Gasteiger partial charge is 0.272 e. The molecule has 0 radical (unpaired) electrons. The topological polar surface area (TPSA) is 75.6 Å². The number of nitrogens with zero attached hydrogens (tertiary/aromatic N) is 3. The van der Waals surface area contributed by atoms with Crippen LogP contribution in [0.15, 0.2) is 42.6 Å². The largest absolute Gasteiger partial charge is 0.393 e. The van der Waals surface area contributed by atoms with Crippen molar-refractivity contribution in [2.45, 2.75) is 63.3 Å². The fourth-order valence-corrected chi connectivity index (χ4v) is 4.40.